The van der Waals surface area contributed by atoms with Crippen LogP contribution in [0.3, 0.4) is 0 Å². The summed E-state index contributed by atoms with van der Waals surface area (Å²) in [6.45, 7) is 0. The summed E-state index contributed by atoms with van der Waals surface area (Å²) >= 11 is 3.29. The van der Waals surface area contributed by atoms with Crippen LogP contribution in [0.4, 0.5) is 5.69 Å². The molecule has 0 aromatic heterocycles. The number of benzene rings is 1. The first-order chi connectivity index (χ1) is 6.59. The van der Waals surface area contributed by atoms with Crippen molar-refractivity contribution < 1.29 is 9.90 Å². The minimum atomic E-state index is -0.967. The van der Waals surface area contributed by atoms with Crippen molar-refractivity contribution in [1.82, 2.24) is 0 Å². The van der Waals surface area contributed by atoms with Crippen LogP contribution in [0.5, 0.6) is 0 Å². The van der Waals surface area contributed by atoms with Crippen molar-refractivity contribution >= 4 is 27.6 Å². The van der Waals surface area contributed by atoms with Gasteiger partial charge in [0.2, 0.25) is 0 Å². The van der Waals surface area contributed by atoms with Crippen LogP contribution in [0.2, 0.25) is 0 Å². The maximum atomic E-state index is 10.9. The van der Waals surface area contributed by atoms with Crippen molar-refractivity contribution in [2.24, 2.45) is 0 Å². The van der Waals surface area contributed by atoms with Crippen molar-refractivity contribution in [3.05, 3.63) is 27.7 Å². The summed E-state index contributed by atoms with van der Waals surface area (Å²) in [6, 6.07) is 3.46. The number of halogens is 1. The van der Waals surface area contributed by atoms with Gasteiger partial charge in [0, 0.05) is 10.2 Å². The summed E-state index contributed by atoms with van der Waals surface area (Å²) in [6.07, 6.45) is 2.22. The van der Waals surface area contributed by atoms with E-state index in [-0.39, 0.29) is 5.56 Å². The quantitative estimate of drug-likeness (QED) is 0.799. The summed E-state index contributed by atoms with van der Waals surface area (Å²) in [5, 5.41) is 8.92. The second-order valence-electron chi connectivity index (χ2n) is 3.54. The van der Waals surface area contributed by atoms with Crippen molar-refractivity contribution in [3.63, 3.8) is 0 Å². The molecule has 14 heavy (non-hydrogen) atoms. The van der Waals surface area contributed by atoms with Gasteiger partial charge in [-0.2, -0.15) is 0 Å². The molecule has 3 nitrogen and oxygen atoms in total. The van der Waals surface area contributed by atoms with E-state index >= 15 is 0 Å². The molecule has 1 fully saturated rings. The first-order valence-electron chi connectivity index (χ1n) is 4.42. The Kier molecular flexibility index (Phi) is 2.23. The van der Waals surface area contributed by atoms with Crippen molar-refractivity contribution in [2.45, 2.75) is 18.8 Å². The van der Waals surface area contributed by atoms with E-state index in [1.165, 1.54) is 0 Å². The van der Waals surface area contributed by atoms with Gasteiger partial charge in [-0.1, -0.05) is 15.9 Å². The zero-order valence-corrected chi connectivity index (χ0v) is 9.04. The topological polar surface area (TPSA) is 63.3 Å². The van der Waals surface area contributed by atoms with E-state index in [1.54, 1.807) is 6.07 Å². The number of hydrogen-bond donors (Lipinski definition) is 2. The predicted molar refractivity (Wildman–Crippen MR) is 57.5 cm³/mol. The monoisotopic (exact) mass is 255 g/mol. The smallest absolute Gasteiger partial charge is 0.337 e. The average molecular weight is 256 g/mol. The molecule has 1 aliphatic carbocycles. The predicted octanol–water partition coefficient (Wildman–Crippen LogP) is 2.61. The van der Waals surface area contributed by atoms with Crippen molar-refractivity contribution in [1.29, 1.82) is 0 Å². The number of carboxylic acid groups (broad SMARTS) is 1. The minimum absolute atomic E-state index is 0.196. The Morgan fingerprint density at radius 1 is 1.50 bits per heavy atom. The number of anilines is 1. The molecule has 1 aromatic rings. The molecule has 0 bridgehead atoms. The van der Waals surface area contributed by atoms with Crippen LogP contribution in [0.25, 0.3) is 0 Å². The number of rotatable bonds is 2. The number of nitrogen functional groups attached to an aromatic ring is 1. The highest BCUT2D eigenvalue weighted by molar-refractivity contribution is 9.10. The van der Waals surface area contributed by atoms with Crippen LogP contribution in [0.1, 0.15) is 34.7 Å². The van der Waals surface area contributed by atoms with Gasteiger partial charge < -0.3 is 10.8 Å². The van der Waals surface area contributed by atoms with Gasteiger partial charge in [0.25, 0.3) is 0 Å². The van der Waals surface area contributed by atoms with Gasteiger partial charge in [-0.15, -0.1) is 0 Å². The van der Waals surface area contributed by atoms with E-state index in [1.807, 2.05) is 6.07 Å². The number of nitrogens with two attached hydrogens (primary N) is 1. The van der Waals surface area contributed by atoms with Gasteiger partial charge >= 0.3 is 5.97 Å². The molecule has 1 aromatic carbocycles. The highest BCUT2D eigenvalue weighted by Crippen LogP contribution is 2.44. The number of aromatic carboxylic acids is 1. The molecule has 0 heterocycles. The highest BCUT2D eigenvalue weighted by atomic mass is 79.9. The Bertz CT molecular complexity index is 399. The van der Waals surface area contributed by atoms with E-state index in [0.717, 1.165) is 22.9 Å². The fourth-order valence-corrected chi connectivity index (χ4v) is 2.02. The third-order valence-corrected chi connectivity index (χ3v) is 2.88. The molecule has 0 amide bonds. The first kappa shape index (κ1) is 9.52. The number of hydrogen-bond acceptors (Lipinski definition) is 2. The third kappa shape index (κ3) is 1.62. The van der Waals surface area contributed by atoms with E-state index in [0.29, 0.717) is 11.6 Å². The molecule has 0 spiro atoms. The number of carbonyl (C=O) groups is 1. The normalized spacial score (nSPS) is 15.5. The molecule has 0 radical (unpaired) electrons. The zero-order chi connectivity index (χ0) is 10.3. The second-order valence-corrected chi connectivity index (χ2v) is 4.45. The van der Waals surface area contributed by atoms with Gasteiger partial charge in [-0.3, -0.25) is 0 Å². The van der Waals surface area contributed by atoms with E-state index in [4.69, 9.17) is 10.8 Å². The minimum Gasteiger partial charge on any atom is -0.478 e. The van der Waals surface area contributed by atoms with Crippen LogP contribution < -0.4 is 5.73 Å². The van der Waals surface area contributed by atoms with Gasteiger partial charge in [0.1, 0.15) is 0 Å². The van der Waals surface area contributed by atoms with E-state index < -0.39 is 5.97 Å². The van der Waals surface area contributed by atoms with Gasteiger partial charge in [-0.25, -0.2) is 4.79 Å². The lowest BCUT2D eigenvalue weighted by atomic mass is 10.0. The Morgan fingerprint density at radius 3 is 2.64 bits per heavy atom. The van der Waals surface area contributed by atoms with E-state index in [9.17, 15) is 4.79 Å². The maximum Gasteiger partial charge on any atom is 0.337 e. The first-order valence-corrected chi connectivity index (χ1v) is 5.21. The van der Waals surface area contributed by atoms with Crippen molar-refractivity contribution in [3.8, 4) is 0 Å². The fraction of sp³-hybridized carbons (Fsp3) is 0.300. The maximum absolute atomic E-state index is 10.9. The summed E-state index contributed by atoms with van der Waals surface area (Å²) in [5.74, 6) is -0.503. The number of carboxylic acids is 1. The molecule has 0 aliphatic heterocycles. The summed E-state index contributed by atoms with van der Waals surface area (Å²) < 4.78 is 0.783. The molecule has 2 rings (SSSR count). The highest BCUT2D eigenvalue weighted by Gasteiger charge is 2.27. The van der Waals surface area contributed by atoms with Gasteiger partial charge in [-0.05, 0) is 36.5 Å². The zero-order valence-electron chi connectivity index (χ0n) is 7.46. The third-order valence-electron chi connectivity index (χ3n) is 2.42. The molecule has 74 valence electrons. The molecule has 0 saturated heterocycles. The largest absolute Gasteiger partial charge is 0.478 e. The van der Waals surface area contributed by atoms with Gasteiger partial charge in [0.15, 0.2) is 0 Å². The fourth-order valence-electron chi connectivity index (χ4n) is 1.55. The average Bonchev–Trinajstić information content (AvgIpc) is 2.91. The second kappa shape index (κ2) is 3.28. The van der Waals surface area contributed by atoms with Crippen LogP contribution >= 0.6 is 15.9 Å². The van der Waals surface area contributed by atoms with Crippen LogP contribution in [-0.4, -0.2) is 11.1 Å². The van der Waals surface area contributed by atoms with E-state index in [2.05, 4.69) is 15.9 Å². The van der Waals surface area contributed by atoms with Crippen molar-refractivity contribution in [2.75, 3.05) is 5.73 Å². The van der Waals surface area contributed by atoms with Crippen LogP contribution in [-0.2, 0) is 0 Å². The Balaban J connectivity index is 2.55. The molecular formula is C10H10BrNO2. The molecule has 3 N–H and O–H groups in total. The lowest BCUT2D eigenvalue weighted by Gasteiger charge is -2.08. The Morgan fingerprint density at radius 2 is 2.14 bits per heavy atom. The molecular weight excluding hydrogens is 246 g/mol. The Hall–Kier alpha value is -1.03. The molecule has 1 aliphatic rings. The standard InChI is InChI=1S/C10H10BrNO2/c11-6-3-7(5-1-2-5)9(12)8(4-6)10(13)14/h3-5H,1-2,12H2,(H,13,14). The lowest BCUT2D eigenvalue weighted by Crippen LogP contribution is -2.05. The van der Waals surface area contributed by atoms with Gasteiger partial charge in [0.05, 0.1) is 5.56 Å². The summed E-state index contributed by atoms with van der Waals surface area (Å²) in [4.78, 5) is 10.9. The molecule has 4 heteroatoms. The lowest BCUT2D eigenvalue weighted by molar-refractivity contribution is 0.0698. The Labute approximate surface area is 90.0 Å². The SMILES string of the molecule is Nc1c(C(=O)O)cc(Br)cc1C1CC1. The summed E-state index contributed by atoms with van der Waals surface area (Å²) in [5.41, 5.74) is 7.38. The van der Waals surface area contributed by atoms with Crippen LogP contribution in [0, 0.1) is 0 Å². The summed E-state index contributed by atoms with van der Waals surface area (Å²) in [7, 11) is 0. The van der Waals surface area contributed by atoms with Crippen LogP contribution in [0.15, 0.2) is 16.6 Å². The molecule has 0 unspecified atom stereocenters. The molecule has 1 saturated carbocycles. The molecule has 0 atom stereocenters.